The first-order chi connectivity index (χ1) is 8.11. The molecule has 1 saturated heterocycles. The van der Waals surface area contributed by atoms with Gasteiger partial charge in [0.1, 0.15) is 6.23 Å². The van der Waals surface area contributed by atoms with Crippen molar-refractivity contribution in [3.05, 3.63) is 44.5 Å². The van der Waals surface area contributed by atoms with E-state index in [9.17, 15) is 14.7 Å². The molecule has 7 nitrogen and oxygen atoms in total. The fourth-order valence-electron chi connectivity index (χ4n) is 1.79. The molecule has 0 saturated carbocycles. The third-order valence-corrected chi connectivity index (χ3v) is 2.64. The van der Waals surface area contributed by atoms with Crippen LogP contribution < -0.4 is 11.2 Å². The normalized spacial score (nSPS) is 27.9. The van der Waals surface area contributed by atoms with Gasteiger partial charge >= 0.3 is 5.69 Å². The molecule has 0 amide bonds. The van der Waals surface area contributed by atoms with Gasteiger partial charge in [-0.1, -0.05) is 0 Å². The van der Waals surface area contributed by atoms with E-state index in [1.807, 2.05) is 0 Å². The number of rotatable bonds is 2. The minimum atomic E-state index is -0.770. The monoisotopic (exact) mass is 237 g/mol. The number of H-pyrrole nitrogens is 1. The summed E-state index contributed by atoms with van der Waals surface area (Å²) >= 11 is 0. The van der Waals surface area contributed by atoms with Crippen LogP contribution in [-0.4, -0.2) is 33.4 Å². The van der Waals surface area contributed by atoms with Crippen LogP contribution in [0.1, 0.15) is 12.6 Å². The van der Waals surface area contributed by atoms with Gasteiger partial charge in [-0.05, 0) is 0 Å². The molecule has 0 spiro atoms. The van der Waals surface area contributed by atoms with Crippen molar-refractivity contribution < 1.29 is 9.84 Å². The minimum absolute atomic E-state index is 0.0514. The van der Waals surface area contributed by atoms with Crippen LogP contribution in [0.2, 0.25) is 0 Å². The second-order valence-corrected chi connectivity index (χ2v) is 3.79. The molecule has 0 aliphatic carbocycles. The first kappa shape index (κ1) is 11.6. The molecular weight excluding hydrogens is 226 g/mol. The summed E-state index contributed by atoms with van der Waals surface area (Å²) in [6, 6.07) is 1.21. The number of ether oxygens (including phenoxy) is 1. The quantitative estimate of drug-likeness (QED) is 0.653. The van der Waals surface area contributed by atoms with Crippen molar-refractivity contribution in [2.75, 3.05) is 6.54 Å². The molecule has 1 fully saturated rings. The molecule has 7 heteroatoms. The topological polar surface area (TPSA) is 88.7 Å². The third kappa shape index (κ3) is 2.27. The van der Waals surface area contributed by atoms with E-state index in [1.54, 1.807) is 0 Å². The highest BCUT2D eigenvalue weighted by molar-refractivity contribution is 4.90. The lowest BCUT2D eigenvalue weighted by Crippen LogP contribution is -2.31. The Hall–Kier alpha value is -1.91. The summed E-state index contributed by atoms with van der Waals surface area (Å²) in [7, 11) is 0. The Kier molecular flexibility index (Phi) is 3.08. The molecule has 1 aromatic heterocycles. The number of aromatic nitrogens is 2. The SMILES string of the molecule is [C-]#[N+]C[C@@H]1O[C@H](n2ccc(=O)[nH]c2=O)C[C@H]1O. The van der Waals surface area contributed by atoms with Crippen molar-refractivity contribution >= 4 is 0 Å². The van der Waals surface area contributed by atoms with Crippen LogP contribution in [0.15, 0.2) is 21.9 Å². The molecule has 1 aliphatic rings. The van der Waals surface area contributed by atoms with Crippen LogP contribution in [0.4, 0.5) is 0 Å². The average molecular weight is 237 g/mol. The molecule has 2 heterocycles. The van der Waals surface area contributed by atoms with Crippen LogP contribution in [0.5, 0.6) is 0 Å². The molecule has 1 aromatic rings. The third-order valence-electron chi connectivity index (χ3n) is 2.64. The fraction of sp³-hybridized carbons (Fsp3) is 0.500. The number of hydrogen-bond acceptors (Lipinski definition) is 4. The molecule has 2 N–H and O–H groups in total. The first-order valence-corrected chi connectivity index (χ1v) is 5.10. The van der Waals surface area contributed by atoms with E-state index in [1.165, 1.54) is 16.8 Å². The molecule has 0 unspecified atom stereocenters. The molecule has 0 aromatic carbocycles. The second kappa shape index (κ2) is 4.53. The standard InChI is InChI=1S/C10H11N3O4/c1-11-5-7-6(14)4-9(17-7)13-3-2-8(15)12-10(13)16/h2-3,6-7,9,14H,4-5H2,(H,12,15,16)/t6-,7+,9+/m1/s1. The zero-order valence-corrected chi connectivity index (χ0v) is 8.87. The van der Waals surface area contributed by atoms with Crippen molar-refractivity contribution in [1.82, 2.24) is 9.55 Å². The number of nitrogens with one attached hydrogen (secondary N) is 1. The van der Waals surface area contributed by atoms with Gasteiger partial charge in [0.25, 0.3) is 5.56 Å². The lowest BCUT2D eigenvalue weighted by atomic mass is 10.2. The van der Waals surface area contributed by atoms with Crippen LogP contribution in [0, 0.1) is 6.57 Å². The largest absolute Gasteiger partial charge is 0.390 e. The van der Waals surface area contributed by atoms with Crippen LogP contribution >= 0.6 is 0 Å². The van der Waals surface area contributed by atoms with Crippen molar-refractivity contribution in [2.45, 2.75) is 24.9 Å². The maximum atomic E-state index is 11.5. The summed E-state index contributed by atoms with van der Waals surface area (Å²) in [6.45, 7) is 6.77. The van der Waals surface area contributed by atoms with E-state index in [2.05, 4.69) is 9.83 Å². The molecule has 90 valence electrons. The Morgan fingerprint density at radius 1 is 1.65 bits per heavy atom. The highest BCUT2D eigenvalue weighted by Gasteiger charge is 2.37. The predicted molar refractivity (Wildman–Crippen MR) is 57.3 cm³/mol. The van der Waals surface area contributed by atoms with Crippen molar-refractivity contribution in [3.63, 3.8) is 0 Å². The molecule has 0 bridgehead atoms. The van der Waals surface area contributed by atoms with Gasteiger partial charge in [-0.15, -0.1) is 0 Å². The summed E-state index contributed by atoms with van der Waals surface area (Å²) in [5, 5.41) is 9.64. The Morgan fingerprint density at radius 3 is 3.06 bits per heavy atom. The fourth-order valence-corrected chi connectivity index (χ4v) is 1.79. The van der Waals surface area contributed by atoms with E-state index < -0.39 is 29.7 Å². The summed E-state index contributed by atoms with van der Waals surface area (Å²) < 4.78 is 6.60. The number of hydrogen-bond donors (Lipinski definition) is 2. The number of aliphatic hydroxyl groups is 1. The first-order valence-electron chi connectivity index (χ1n) is 5.10. The van der Waals surface area contributed by atoms with Gasteiger partial charge in [0.05, 0.1) is 6.10 Å². The predicted octanol–water partition coefficient (Wildman–Crippen LogP) is -0.896. The van der Waals surface area contributed by atoms with E-state index in [-0.39, 0.29) is 13.0 Å². The second-order valence-electron chi connectivity index (χ2n) is 3.79. The van der Waals surface area contributed by atoms with Gasteiger partial charge in [0.2, 0.25) is 6.54 Å². The zero-order valence-electron chi connectivity index (χ0n) is 8.87. The molecule has 1 aliphatic heterocycles. The Bertz CT molecular complexity index is 556. The van der Waals surface area contributed by atoms with Crippen LogP contribution in [0.25, 0.3) is 4.85 Å². The highest BCUT2D eigenvalue weighted by Crippen LogP contribution is 2.27. The summed E-state index contributed by atoms with van der Waals surface area (Å²) in [6.07, 6.45) is -0.449. The number of nitrogens with zero attached hydrogens (tertiary/aromatic N) is 2. The molecule has 0 radical (unpaired) electrons. The Balaban J connectivity index is 2.23. The van der Waals surface area contributed by atoms with Gasteiger partial charge in [0, 0.05) is 18.7 Å². The van der Waals surface area contributed by atoms with Crippen molar-refractivity contribution in [1.29, 1.82) is 0 Å². The van der Waals surface area contributed by atoms with Gasteiger partial charge in [0.15, 0.2) is 6.10 Å². The van der Waals surface area contributed by atoms with Gasteiger partial charge in [-0.25, -0.2) is 11.4 Å². The summed E-state index contributed by atoms with van der Waals surface area (Å²) in [5.74, 6) is 0. The number of aliphatic hydroxyl groups excluding tert-OH is 1. The maximum absolute atomic E-state index is 11.5. The lowest BCUT2D eigenvalue weighted by Gasteiger charge is -2.12. The van der Waals surface area contributed by atoms with Gasteiger partial charge in [-0.3, -0.25) is 14.3 Å². The van der Waals surface area contributed by atoms with Gasteiger partial charge < -0.3 is 14.7 Å². The van der Waals surface area contributed by atoms with E-state index in [0.717, 1.165) is 0 Å². The molecule has 2 rings (SSSR count). The van der Waals surface area contributed by atoms with E-state index in [0.29, 0.717) is 0 Å². The van der Waals surface area contributed by atoms with E-state index in [4.69, 9.17) is 11.3 Å². The van der Waals surface area contributed by atoms with Crippen LogP contribution in [-0.2, 0) is 4.74 Å². The average Bonchev–Trinajstić information content (AvgIpc) is 2.60. The zero-order chi connectivity index (χ0) is 12.4. The molecule has 3 atom stereocenters. The maximum Gasteiger partial charge on any atom is 0.330 e. The van der Waals surface area contributed by atoms with Crippen LogP contribution in [0.3, 0.4) is 0 Å². The Labute approximate surface area is 96.1 Å². The van der Waals surface area contributed by atoms with Gasteiger partial charge in [-0.2, -0.15) is 0 Å². The smallest absolute Gasteiger partial charge is 0.330 e. The van der Waals surface area contributed by atoms with Crippen molar-refractivity contribution in [2.24, 2.45) is 0 Å². The minimum Gasteiger partial charge on any atom is -0.390 e. The number of aromatic amines is 1. The highest BCUT2D eigenvalue weighted by atomic mass is 16.5. The molecular formula is C10H11N3O4. The Morgan fingerprint density at radius 2 is 2.41 bits per heavy atom. The van der Waals surface area contributed by atoms with E-state index >= 15 is 0 Å². The summed E-state index contributed by atoms with van der Waals surface area (Å²) in [4.78, 5) is 27.6. The lowest BCUT2D eigenvalue weighted by molar-refractivity contribution is -0.0115. The van der Waals surface area contributed by atoms with Crippen molar-refractivity contribution in [3.8, 4) is 0 Å². The summed E-state index contributed by atoms with van der Waals surface area (Å²) in [5.41, 5.74) is -1.07. The molecule has 17 heavy (non-hydrogen) atoms.